The summed E-state index contributed by atoms with van der Waals surface area (Å²) in [5.41, 5.74) is 1.16. The molecule has 0 amide bonds. The average Bonchev–Trinajstić information content (AvgIpc) is 3.18. The number of hydrogen-bond acceptors (Lipinski definition) is 5. The van der Waals surface area contributed by atoms with E-state index >= 15 is 0 Å². The molecule has 2 fully saturated rings. The summed E-state index contributed by atoms with van der Waals surface area (Å²) in [6.45, 7) is 3.10. The van der Waals surface area contributed by atoms with Crippen molar-refractivity contribution in [2.45, 2.75) is 38.2 Å². The molecule has 3 rings (SSSR count). The smallest absolute Gasteiger partial charge is 0.185 e. The number of methoxy groups -OCH3 is 1. The molecule has 1 aliphatic carbocycles. The maximum absolute atomic E-state index is 9.47. The fourth-order valence-electron chi connectivity index (χ4n) is 2.89. The highest BCUT2D eigenvalue weighted by molar-refractivity contribution is 7.15. The van der Waals surface area contributed by atoms with Gasteiger partial charge in [-0.15, -0.1) is 0 Å². The molecule has 1 aromatic heterocycles. The molecule has 1 atom stereocenters. The molecule has 1 N–H and O–H groups in total. The summed E-state index contributed by atoms with van der Waals surface area (Å²) in [7, 11) is 1.78. The van der Waals surface area contributed by atoms with E-state index in [2.05, 4.69) is 4.90 Å². The fourth-order valence-corrected chi connectivity index (χ4v) is 3.93. The summed E-state index contributed by atoms with van der Waals surface area (Å²) in [4.78, 5) is 8.26. The number of thiazole rings is 1. The van der Waals surface area contributed by atoms with Crippen LogP contribution in [0.1, 0.15) is 42.2 Å². The highest BCUT2D eigenvalue weighted by Gasteiger charge is 2.31. The van der Waals surface area contributed by atoms with Crippen LogP contribution in [0.2, 0.25) is 0 Å². The predicted molar refractivity (Wildman–Crippen MR) is 76.8 cm³/mol. The molecule has 2 heterocycles. The molecule has 0 bridgehead atoms. The van der Waals surface area contributed by atoms with Crippen molar-refractivity contribution in [2.24, 2.45) is 5.92 Å². The van der Waals surface area contributed by atoms with Gasteiger partial charge in [-0.25, -0.2) is 4.98 Å². The molecular weight excluding hydrogens is 260 g/mol. The molecule has 1 saturated carbocycles. The molecular formula is C14H22N2O2S. The second-order valence-corrected chi connectivity index (χ2v) is 6.71. The summed E-state index contributed by atoms with van der Waals surface area (Å²) in [5.74, 6) is 1.23. The Kier molecular flexibility index (Phi) is 4.05. The van der Waals surface area contributed by atoms with Crippen molar-refractivity contribution < 1.29 is 9.84 Å². The minimum absolute atomic E-state index is 0.138. The van der Waals surface area contributed by atoms with Crippen LogP contribution in [0.4, 0.5) is 5.13 Å². The van der Waals surface area contributed by atoms with Gasteiger partial charge in [-0.05, 0) is 31.6 Å². The van der Waals surface area contributed by atoms with E-state index in [9.17, 15) is 5.11 Å². The number of hydrogen-bond donors (Lipinski definition) is 1. The monoisotopic (exact) mass is 282 g/mol. The number of nitrogens with zero attached hydrogens (tertiary/aromatic N) is 2. The number of aromatic nitrogens is 1. The van der Waals surface area contributed by atoms with Crippen molar-refractivity contribution in [3.05, 3.63) is 10.6 Å². The molecule has 0 radical (unpaired) electrons. The Morgan fingerprint density at radius 3 is 2.95 bits per heavy atom. The number of aliphatic hydroxyl groups is 1. The number of ether oxygens (including phenoxy) is 1. The lowest BCUT2D eigenvalue weighted by molar-refractivity contribution is 0.143. The average molecular weight is 282 g/mol. The zero-order chi connectivity index (χ0) is 13.2. The van der Waals surface area contributed by atoms with Gasteiger partial charge in [0.2, 0.25) is 0 Å². The zero-order valence-corrected chi connectivity index (χ0v) is 12.3. The summed E-state index contributed by atoms with van der Waals surface area (Å²) in [6, 6.07) is 0. The summed E-state index contributed by atoms with van der Waals surface area (Å²) >= 11 is 1.68. The summed E-state index contributed by atoms with van der Waals surface area (Å²) in [6.07, 6.45) is 4.93. The van der Waals surface area contributed by atoms with Gasteiger partial charge in [-0.2, -0.15) is 0 Å². The number of aliphatic hydroxyl groups excluding tert-OH is 1. The lowest BCUT2D eigenvalue weighted by Gasteiger charge is -2.32. The summed E-state index contributed by atoms with van der Waals surface area (Å²) in [5, 5.41) is 10.6. The molecule has 19 heavy (non-hydrogen) atoms. The maximum Gasteiger partial charge on any atom is 0.185 e. The van der Waals surface area contributed by atoms with Gasteiger partial charge in [-0.1, -0.05) is 11.3 Å². The molecule has 4 nitrogen and oxygen atoms in total. The Bertz CT molecular complexity index is 429. The van der Waals surface area contributed by atoms with E-state index < -0.39 is 0 Å². The van der Waals surface area contributed by atoms with E-state index in [1.807, 2.05) is 0 Å². The lowest BCUT2D eigenvalue weighted by atomic mass is 9.99. The van der Waals surface area contributed by atoms with Crippen LogP contribution in [0.3, 0.4) is 0 Å². The molecule has 2 aliphatic rings. The van der Waals surface area contributed by atoms with E-state index in [1.165, 1.54) is 25.7 Å². The third-order valence-corrected chi connectivity index (χ3v) is 5.13. The van der Waals surface area contributed by atoms with Crippen LogP contribution in [-0.4, -0.2) is 36.9 Å². The van der Waals surface area contributed by atoms with Gasteiger partial charge in [0.25, 0.3) is 0 Å². The first-order valence-corrected chi connectivity index (χ1v) is 7.97. The molecule has 1 unspecified atom stereocenters. The van der Waals surface area contributed by atoms with E-state index in [-0.39, 0.29) is 6.61 Å². The Hall–Kier alpha value is -0.650. The number of piperidine rings is 1. The molecule has 1 aliphatic heterocycles. The van der Waals surface area contributed by atoms with Crippen molar-refractivity contribution >= 4 is 16.5 Å². The number of anilines is 1. The van der Waals surface area contributed by atoms with Crippen molar-refractivity contribution in [3.63, 3.8) is 0 Å². The second kappa shape index (κ2) is 5.77. The van der Waals surface area contributed by atoms with Gasteiger partial charge in [0, 0.05) is 26.1 Å². The van der Waals surface area contributed by atoms with E-state index in [0.29, 0.717) is 11.8 Å². The fraction of sp³-hybridized carbons (Fsp3) is 0.786. The topological polar surface area (TPSA) is 45.6 Å². The van der Waals surface area contributed by atoms with Crippen molar-refractivity contribution in [2.75, 3.05) is 31.7 Å². The van der Waals surface area contributed by atoms with Crippen LogP contribution in [0.25, 0.3) is 0 Å². The van der Waals surface area contributed by atoms with Gasteiger partial charge in [0.05, 0.1) is 23.8 Å². The minimum atomic E-state index is 0.138. The van der Waals surface area contributed by atoms with E-state index in [4.69, 9.17) is 9.72 Å². The quantitative estimate of drug-likeness (QED) is 0.900. The molecule has 5 heteroatoms. The molecule has 106 valence electrons. The largest absolute Gasteiger partial charge is 0.391 e. The van der Waals surface area contributed by atoms with Crippen molar-refractivity contribution in [3.8, 4) is 0 Å². The predicted octanol–water partition coefficient (Wildman–Crippen LogP) is 2.38. The Morgan fingerprint density at radius 1 is 1.42 bits per heavy atom. The minimum Gasteiger partial charge on any atom is -0.391 e. The van der Waals surface area contributed by atoms with Gasteiger partial charge in [0.1, 0.15) is 0 Å². The lowest BCUT2D eigenvalue weighted by Crippen LogP contribution is -2.37. The van der Waals surface area contributed by atoms with E-state index in [0.717, 1.165) is 35.4 Å². The Morgan fingerprint density at radius 2 is 2.26 bits per heavy atom. The van der Waals surface area contributed by atoms with Crippen LogP contribution in [-0.2, 0) is 11.3 Å². The molecule has 1 aromatic rings. The van der Waals surface area contributed by atoms with Crippen LogP contribution in [0.15, 0.2) is 0 Å². The van der Waals surface area contributed by atoms with Crippen molar-refractivity contribution in [1.82, 2.24) is 4.98 Å². The van der Waals surface area contributed by atoms with Gasteiger partial charge in [0.15, 0.2) is 5.13 Å². The highest BCUT2D eigenvalue weighted by atomic mass is 32.1. The van der Waals surface area contributed by atoms with Crippen LogP contribution < -0.4 is 4.90 Å². The Labute approximate surface area is 118 Å². The second-order valence-electron chi connectivity index (χ2n) is 5.65. The van der Waals surface area contributed by atoms with Crippen molar-refractivity contribution in [1.29, 1.82) is 0 Å². The van der Waals surface area contributed by atoms with Gasteiger partial charge in [-0.3, -0.25) is 0 Å². The highest BCUT2D eigenvalue weighted by Crippen LogP contribution is 2.44. The third kappa shape index (κ3) is 2.93. The first-order chi connectivity index (χ1) is 9.31. The normalized spacial score (nSPS) is 23.9. The third-order valence-electron chi connectivity index (χ3n) is 4.02. The maximum atomic E-state index is 9.47. The first kappa shape index (κ1) is 13.3. The molecule has 0 spiro atoms. The Balaban J connectivity index is 1.73. The molecule has 0 aromatic carbocycles. The van der Waals surface area contributed by atoms with Crippen LogP contribution in [0.5, 0.6) is 0 Å². The van der Waals surface area contributed by atoms with Gasteiger partial charge < -0.3 is 14.7 Å². The SMILES string of the molecule is COCC1CCCN(c2nc(C3CC3)c(CO)s2)C1. The number of rotatable bonds is 5. The van der Waals surface area contributed by atoms with E-state index in [1.54, 1.807) is 18.4 Å². The molecule has 1 saturated heterocycles. The van der Waals surface area contributed by atoms with Crippen LogP contribution in [0, 0.1) is 5.92 Å². The standard InChI is InChI=1S/C14H22N2O2S/c1-18-9-10-3-2-6-16(7-10)14-15-13(11-4-5-11)12(8-17)19-14/h10-11,17H,2-9H2,1H3. The van der Waals surface area contributed by atoms with Gasteiger partial charge >= 0.3 is 0 Å². The summed E-state index contributed by atoms with van der Waals surface area (Å²) < 4.78 is 5.28. The first-order valence-electron chi connectivity index (χ1n) is 7.16. The zero-order valence-electron chi connectivity index (χ0n) is 11.5. The van der Waals surface area contributed by atoms with Crippen LogP contribution >= 0.6 is 11.3 Å².